The summed E-state index contributed by atoms with van der Waals surface area (Å²) < 4.78 is 43.7. The van der Waals surface area contributed by atoms with Crippen LogP contribution in [0.3, 0.4) is 0 Å². The number of ether oxygens (including phenoxy) is 1. The van der Waals surface area contributed by atoms with Crippen LogP contribution in [0.4, 0.5) is 13.2 Å². The summed E-state index contributed by atoms with van der Waals surface area (Å²) in [7, 11) is 0. The van der Waals surface area contributed by atoms with Crippen LogP contribution in [-0.2, 0) is 19.6 Å². The van der Waals surface area contributed by atoms with E-state index >= 15 is 0 Å². The highest BCUT2D eigenvalue weighted by Crippen LogP contribution is 2.23. The molecule has 11 nitrogen and oxygen atoms in total. The molecule has 0 atom stereocenters. The van der Waals surface area contributed by atoms with Crippen LogP contribution in [-0.4, -0.2) is 53.3 Å². The second-order valence-electron chi connectivity index (χ2n) is 6.62. The second-order valence-corrected chi connectivity index (χ2v) is 6.62. The molecule has 3 rings (SSSR count). The number of alkyl halides is 3. The summed E-state index contributed by atoms with van der Waals surface area (Å²) in [6.07, 6.45) is -0.669. The number of rotatable bonds is 10. The Morgan fingerprint density at radius 2 is 1.66 bits per heavy atom. The van der Waals surface area contributed by atoms with Gasteiger partial charge in [0.1, 0.15) is 5.75 Å². The number of aryl methyl sites for hydroxylation is 2. The van der Waals surface area contributed by atoms with Gasteiger partial charge in [-0.15, -0.1) is 23.4 Å². The number of hydrogen-bond acceptors (Lipinski definition) is 7. The van der Waals surface area contributed by atoms with Crippen molar-refractivity contribution >= 4 is 11.9 Å². The molecule has 0 fully saturated rings. The molecule has 0 radical (unpaired) electrons. The molecule has 0 unspecified atom stereocenters. The van der Waals surface area contributed by atoms with E-state index in [9.17, 15) is 22.8 Å². The molecule has 14 heteroatoms. The first-order valence-electron chi connectivity index (χ1n) is 9.36. The van der Waals surface area contributed by atoms with E-state index in [1.807, 2.05) is 0 Å². The fourth-order valence-corrected chi connectivity index (χ4v) is 2.69. The summed E-state index contributed by atoms with van der Waals surface area (Å²) in [5.41, 5.74) is 0.360. The molecule has 0 saturated carbocycles. The van der Waals surface area contributed by atoms with Crippen molar-refractivity contribution in [2.45, 2.75) is 38.8 Å². The fourth-order valence-electron chi connectivity index (χ4n) is 2.69. The van der Waals surface area contributed by atoms with E-state index in [2.05, 4.69) is 30.7 Å². The average molecular weight is 453 g/mol. The number of aromatic carboxylic acids is 1. The highest BCUT2D eigenvalue weighted by molar-refractivity contribution is 5.91. The summed E-state index contributed by atoms with van der Waals surface area (Å²) in [5.74, 6) is -2.05. The molecule has 1 amide bonds. The van der Waals surface area contributed by atoms with Crippen LogP contribution < -0.4 is 10.1 Å². The van der Waals surface area contributed by atoms with Crippen molar-refractivity contribution in [3.63, 3.8) is 0 Å². The summed E-state index contributed by atoms with van der Waals surface area (Å²) in [6.45, 7) is 0.925. The van der Waals surface area contributed by atoms with Crippen LogP contribution in [0.25, 0.3) is 0 Å². The largest absolute Gasteiger partial charge is 0.573 e. The SMILES string of the molecule is O=C(O)c1cn(CCCCn2cc(C(=O)NCc3cccc(OC(F)(F)F)c3)nn2)nn1. The predicted octanol–water partition coefficient (Wildman–Crippen LogP) is 1.88. The Balaban J connectivity index is 1.43. The quantitative estimate of drug-likeness (QED) is 0.444. The van der Waals surface area contributed by atoms with Gasteiger partial charge in [0.05, 0.1) is 12.4 Å². The van der Waals surface area contributed by atoms with Gasteiger partial charge in [0, 0.05) is 19.6 Å². The van der Waals surface area contributed by atoms with Crippen LogP contribution in [0, 0.1) is 0 Å². The number of carboxylic acid groups (broad SMARTS) is 1. The molecule has 2 aromatic heterocycles. The zero-order valence-corrected chi connectivity index (χ0v) is 16.5. The maximum Gasteiger partial charge on any atom is 0.573 e. The van der Waals surface area contributed by atoms with Gasteiger partial charge in [0.2, 0.25) is 0 Å². The number of benzene rings is 1. The molecule has 0 aliphatic carbocycles. The zero-order chi connectivity index (χ0) is 23.1. The Labute approximate surface area is 178 Å². The minimum absolute atomic E-state index is 0.0169. The first-order chi connectivity index (χ1) is 15.2. The molecule has 0 aliphatic heterocycles. The summed E-state index contributed by atoms with van der Waals surface area (Å²) in [6, 6.07) is 5.28. The second kappa shape index (κ2) is 9.89. The van der Waals surface area contributed by atoms with Gasteiger partial charge in [-0.3, -0.25) is 14.2 Å². The summed E-state index contributed by atoms with van der Waals surface area (Å²) in [5, 5.41) is 26.3. The summed E-state index contributed by atoms with van der Waals surface area (Å²) in [4.78, 5) is 23.0. The van der Waals surface area contributed by atoms with Crippen LogP contribution in [0.1, 0.15) is 39.4 Å². The topological polar surface area (TPSA) is 137 Å². The molecule has 170 valence electrons. The van der Waals surface area contributed by atoms with Crippen LogP contribution >= 0.6 is 0 Å². The number of nitrogens with zero attached hydrogens (tertiary/aromatic N) is 6. The molecule has 0 spiro atoms. The van der Waals surface area contributed by atoms with Crippen LogP contribution in [0.15, 0.2) is 36.7 Å². The minimum Gasteiger partial charge on any atom is -0.476 e. The predicted molar refractivity (Wildman–Crippen MR) is 101 cm³/mol. The van der Waals surface area contributed by atoms with Crippen molar-refractivity contribution < 1.29 is 32.6 Å². The Kier molecular flexibility index (Phi) is 7.02. The number of amides is 1. The molecule has 0 saturated heterocycles. The molecule has 0 bridgehead atoms. The van der Waals surface area contributed by atoms with Gasteiger partial charge < -0.3 is 15.2 Å². The van der Waals surface area contributed by atoms with Gasteiger partial charge in [-0.1, -0.05) is 22.6 Å². The number of nitrogens with one attached hydrogen (secondary N) is 1. The number of aromatic nitrogens is 6. The lowest BCUT2D eigenvalue weighted by Gasteiger charge is -2.10. The average Bonchev–Trinajstić information content (AvgIpc) is 3.38. The Hall–Kier alpha value is -3.97. The number of unbranched alkanes of at least 4 members (excludes halogenated alkanes) is 1. The highest BCUT2D eigenvalue weighted by Gasteiger charge is 2.31. The Morgan fingerprint density at radius 1 is 1.03 bits per heavy atom. The van der Waals surface area contributed by atoms with Gasteiger partial charge >= 0.3 is 12.3 Å². The van der Waals surface area contributed by atoms with E-state index in [1.165, 1.54) is 40.0 Å². The highest BCUT2D eigenvalue weighted by atomic mass is 19.4. The molecule has 2 heterocycles. The molecule has 3 aromatic rings. The number of carbonyl (C=O) groups excluding carboxylic acids is 1. The normalized spacial score (nSPS) is 11.3. The van der Waals surface area contributed by atoms with E-state index < -0.39 is 18.2 Å². The van der Waals surface area contributed by atoms with Crippen LogP contribution in [0.5, 0.6) is 5.75 Å². The lowest BCUT2D eigenvalue weighted by atomic mass is 10.2. The zero-order valence-electron chi connectivity index (χ0n) is 16.5. The van der Waals surface area contributed by atoms with Crippen molar-refractivity contribution in [3.8, 4) is 5.75 Å². The maximum atomic E-state index is 12.3. The first-order valence-corrected chi connectivity index (χ1v) is 9.36. The Morgan fingerprint density at radius 3 is 2.25 bits per heavy atom. The van der Waals surface area contributed by atoms with Gasteiger partial charge in [-0.2, -0.15) is 0 Å². The minimum atomic E-state index is -4.79. The fraction of sp³-hybridized carbons (Fsp3) is 0.333. The lowest BCUT2D eigenvalue weighted by Crippen LogP contribution is -2.23. The van der Waals surface area contributed by atoms with Crippen molar-refractivity contribution in [3.05, 3.63) is 53.6 Å². The van der Waals surface area contributed by atoms with E-state index in [1.54, 1.807) is 6.07 Å². The lowest BCUT2D eigenvalue weighted by molar-refractivity contribution is -0.274. The molecule has 2 N–H and O–H groups in total. The van der Waals surface area contributed by atoms with E-state index in [4.69, 9.17) is 5.11 Å². The third-order valence-corrected chi connectivity index (χ3v) is 4.14. The number of hydrogen-bond donors (Lipinski definition) is 2. The molecule has 1 aromatic carbocycles. The number of carboxylic acids is 1. The van der Waals surface area contributed by atoms with Gasteiger partial charge in [0.15, 0.2) is 11.4 Å². The third-order valence-electron chi connectivity index (χ3n) is 4.14. The molecule has 0 aliphatic rings. The van der Waals surface area contributed by atoms with Crippen molar-refractivity contribution in [1.82, 2.24) is 35.3 Å². The number of halogens is 3. The van der Waals surface area contributed by atoms with Crippen molar-refractivity contribution in [1.29, 1.82) is 0 Å². The Bertz CT molecular complexity index is 1080. The molecular formula is C18H18F3N7O4. The van der Waals surface area contributed by atoms with Crippen LogP contribution in [0.2, 0.25) is 0 Å². The maximum absolute atomic E-state index is 12.3. The van der Waals surface area contributed by atoms with Gasteiger partial charge in [-0.05, 0) is 30.5 Å². The van der Waals surface area contributed by atoms with Gasteiger partial charge in [0.25, 0.3) is 5.91 Å². The first kappa shape index (κ1) is 22.7. The summed E-state index contributed by atoms with van der Waals surface area (Å²) >= 11 is 0. The number of carbonyl (C=O) groups is 2. The van der Waals surface area contributed by atoms with Gasteiger partial charge in [-0.25, -0.2) is 4.79 Å². The van der Waals surface area contributed by atoms with E-state index in [0.717, 1.165) is 0 Å². The van der Waals surface area contributed by atoms with E-state index in [0.29, 0.717) is 31.5 Å². The standard InChI is InChI=1S/C18H18F3N7O4/c19-18(20,21)32-13-5-3-4-12(8-13)9-22-16(29)14-10-27(25-23-14)6-1-2-7-28-11-15(17(30)31)24-26-28/h3-5,8,10-11H,1-2,6-7,9H2,(H,22,29)(H,30,31). The monoisotopic (exact) mass is 453 g/mol. The van der Waals surface area contributed by atoms with Crippen molar-refractivity contribution in [2.24, 2.45) is 0 Å². The van der Waals surface area contributed by atoms with E-state index in [-0.39, 0.29) is 23.7 Å². The van der Waals surface area contributed by atoms with Crippen molar-refractivity contribution in [2.75, 3.05) is 0 Å². The molecule has 32 heavy (non-hydrogen) atoms. The third kappa shape index (κ3) is 6.78. The smallest absolute Gasteiger partial charge is 0.476 e. The molecular weight excluding hydrogens is 435 g/mol.